The molecule has 1 heterocycles. The van der Waals surface area contributed by atoms with Gasteiger partial charge in [-0.25, -0.2) is 0 Å². The Morgan fingerprint density at radius 1 is 1.10 bits per heavy atom. The van der Waals surface area contributed by atoms with Crippen LogP contribution in [-0.4, -0.2) is 53.8 Å². The molecule has 1 aliphatic heterocycles. The maximum atomic E-state index is 12.1. The number of benzene rings is 1. The van der Waals surface area contributed by atoms with Crippen molar-refractivity contribution in [1.82, 2.24) is 9.80 Å². The van der Waals surface area contributed by atoms with E-state index in [1.807, 2.05) is 18.2 Å². The first-order valence-electron chi connectivity index (χ1n) is 7.15. The largest absolute Gasteiger partial charge is 0.370 e. The molecule has 0 aromatic heterocycles. The smallest absolute Gasteiger partial charge is 0.240 e. The number of amides is 2. The van der Waals surface area contributed by atoms with Gasteiger partial charge in [-0.05, 0) is 5.56 Å². The molecule has 1 aliphatic rings. The summed E-state index contributed by atoms with van der Waals surface area (Å²) in [5.74, 6) is -0.730. The van der Waals surface area contributed by atoms with Crippen molar-refractivity contribution in [2.45, 2.75) is 19.0 Å². The van der Waals surface area contributed by atoms with Gasteiger partial charge in [0.1, 0.15) is 0 Å². The molecular formula is C15H22N4O2. The molecule has 0 spiro atoms. The Labute approximate surface area is 124 Å². The molecule has 6 nitrogen and oxygen atoms in total. The minimum absolute atomic E-state index is 0.0942. The van der Waals surface area contributed by atoms with E-state index in [4.69, 9.17) is 11.5 Å². The van der Waals surface area contributed by atoms with Gasteiger partial charge in [0.25, 0.3) is 0 Å². The second kappa shape index (κ2) is 7.19. The van der Waals surface area contributed by atoms with Crippen molar-refractivity contribution >= 4 is 11.8 Å². The average Bonchev–Trinajstić information content (AvgIpc) is 2.47. The Bertz CT molecular complexity index is 484. The van der Waals surface area contributed by atoms with E-state index >= 15 is 0 Å². The molecule has 6 heteroatoms. The molecule has 1 aromatic carbocycles. The molecule has 0 radical (unpaired) electrons. The van der Waals surface area contributed by atoms with Gasteiger partial charge in [-0.3, -0.25) is 14.5 Å². The van der Waals surface area contributed by atoms with Crippen LogP contribution in [0.15, 0.2) is 30.3 Å². The van der Waals surface area contributed by atoms with Crippen molar-refractivity contribution in [1.29, 1.82) is 0 Å². The Morgan fingerprint density at radius 2 is 1.71 bits per heavy atom. The summed E-state index contributed by atoms with van der Waals surface area (Å²) in [6, 6.07) is 9.43. The fraction of sp³-hybridized carbons (Fsp3) is 0.467. The van der Waals surface area contributed by atoms with Crippen LogP contribution in [0.3, 0.4) is 0 Å². The summed E-state index contributed by atoms with van der Waals surface area (Å²) in [7, 11) is 0. The van der Waals surface area contributed by atoms with Crippen LogP contribution in [0.1, 0.15) is 12.0 Å². The van der Waals surface area contributed by atoms with Crippen molar-refractivity contribution in [3.63, 3.8) is 0 Å². The zero-order valence-corrected chi connectivity index (χ0v) is 12.1. The summed E-state index contributed by atoms with van der Waals surface area (Å²) in [5.41, 5.74) is 12.0. The highest BCUT2D eigenvalue weighted by Crippen LogP contribution is 2.09. The topological polar surface area (TPSA) is 92.7 Å². The van der Waals surface area contributed by atoms with Crippen LogP contribution < -0.4 is 11.5 Å². The minimum atomic E-state index is -0.817. The number of nitrogens with zero attached hydrogens (tertiary/aromatic N) is 2. The third-order valence-corrected chi connectivity index (χ3v) is 3.67. The van der Waals surface area contributed by atoms with Crippen LogP contribution in [-0.2, 0) is 16.1 Å². The normalized spacial score (nSPS) is 17.5. The van der Waals surface area contributed by atoms with Gasteiger partial charge in [0, 0.05) is 32.7 Å². The molecule has 0 saturated carbocycles. The lowest BCUT2D eigenvalue weighted by atomic mass is 10.1. The lowest BCUT2D eigenvalue weighted by molar-refractivity contribution is -0.136. The minimum Gasteiger partial charge on any atom is -0.370 e. The van der Waals surface area contributed by atoms with E-state index in [1.165, 1.54) is 5.56 Å². The first-order valence-corrected chi connectivity index (χ1v) is 7.15. The van der Waals surface area contributed by atoms with Gasteiger partial charge in [-0.1, -0.05) is 30.3 Å². The van der Waals surface area contributed by atoms with Crippen molar-refractivity contribution in [2.24, 2.45) is 11.5 Å². The number of hydrogen-bond donors (Lipinski definition) is 2. The highest BCUT2D eigenvalue weighted by atomic mass is 16.2. The first-order chi connectivity index (χ1) is 10.1. The molecule has 1 aromatic rings. The molecule has 2 amide bonds. The van der Waals surface area contributed by atoms with E-state index in [0.29, 0.717) is 13.1 Å². The van der Waals surface area contributed by atoms with Crippen LogP contribution in [0.4, 0.5) is 0 Å². The predicted octanol–water partition coefficient (Wildman–Crippen LogP) is -0.466. The molecule has 1 atom stereocenters. The number of piperazine rings is 1. The lowest BCUT2D eigenvalue weighted by Crippen LogP contribution is -2.53. The molecular weight excluding hydrogens is 268 g/mol. The van der Waals surface area contributed by atoms with E-state index in [0.717, 1.165) is 19.6 Å². The third kappa shape index (κ3) is 4.54. The second-order valence-electron chi connectivity index (χ2n) is 5.36. The highest BCUT2D eigenvalue weighted by Gasteiger charge is 2.26. The molecule has 0 aliphatic carbocycles. The van der Waals surface area contributed by atoms with E-state index in [-0.39, 0.29) is 12.3 Å². The summed E-state index contributed by atoms with van der Waals surface area (Å²) in [5, 5.41) is 0. The van der Waals surface area contributed by atoms with E-state index in [2.05, 4.69) is 17.0 Å². The molecule has 2 rings (SSSR count). The lowest BCUT2D eigenvalue weighted by Gasteiger charge is -2.35. The van der Waals surface area contributed by atoms with Gasteiger partial charge in [-0.15, -0.1) is 0 Å². The summed E-state index contributed by atoms with van der Waals surface area (Å²) < 4.78 is 0. The molecule has 0 bridgehead atoms. The fourth-order valence-electron chi connectivity index (χ4n) is 2.51. The van der Waals surface area contributed by atoms with E-state index in [9.17, 15) is 9.59 Å². The molecule has 1 saturated heterocycles. The number of carbonyl (C=O) groups excluding carboxylic acids is 2. The van der Waals surface area contributed by atoms with Gasteiger partial charge in [0.2, 0.25) is 11.8 Å². The van der Waals surface area contributed by atoms with Gasteiger partial charge < -0.3 is 16.4 Å². The van der Waals surface area contributed by atoms with Crippen LogP contribution in [0, 0.1) is 0 Å². The quantitative estimate of drug-likeness (QED) is 0.767. The average molecular weight is 290 g/mol. The Balaban J connectivity index is 1.80. The first kappa shape index (κ1) is 15.5. The predicted molar refractivity (Wildman–Crippen MR) is 80.1 cm³/mol. The standard InChI is InChI=1S/C15H22N4O2/c16-13(10-14(17)20)15(21)19-8-6-18(7-9-19)11-12-4-2-1-3-5-12/h1-5,13H,6-11,16H2,(H2,17,20). The van der Waals surface area contributed by atoms with Crippen LogP contribution >= 0.6 is 0 Å². The Hall–Kier alpha value is -1.92. The van der Waals surface area contributed by atoms with Crippen molar-refractivity contribution < 1.29 is 9.59 Å². The van der Waals surface area contributed by atoms with Gasteiger partial charge >= 0.3 is 0 Å². The van der Waals surface area contributed by atoms with E-state index < -0.39 is 11.9 Å². The van der Waals surface area contributed by atoms with Crippen molar-refractivity contribution in [2.75, 3.05) is 26.2 Å². The highest BCUT2D eigenvalue weighted by molar-refractivity contribution is 5.87. The summed E-state index contributed by atoms with van der Waals surface area (Å²) >= 11 is 0. The summed E-state index contributed by atoms with van der Waals surface area (Å²) in [4.78, 5) is 26.9. The maximum Gasteiger partial charge on any atom is 0.240 e. The zero-order valence-electron chi connectivity index (χ0n) is 12.1. The van der Waals surface area contributed by atoms with Gasteiger partial charge in [0.05, 0.1) is 12.5 Å². The van der Waals surface area contributed by atoms with Crippen LogP contribution in [0.25, 0.3) is 0 Å². The fourth-order valence-corrected chi connectivity index (χ4v) is 2.51. The molecule has 114 valence electrons. The zero-order chi connectivity index (χ0) is 15.2. The number of rotatable bonds is 5. The molecule has 1 fully saturated rings. The number of primary amides is 1. The number of hydrogen-bond acceptors (Lipinski definition) is 4. The Morgan fingerprint density at radius 3 is 2.29 bits per heavy atom. The van der Waals surface area contributed by atoms with Crippen LogP contribution in [0.2, 0.25) is 0 Å². The van der Waals surface area contributed by atoms with Crippen LogP contribution in [0.5, 0.6) is 0 Å². The third-order valence-electron chi connectivity index (χ3n) is 3.67. The van der Waals surface area contributed by atoms with Crippen molar-refractivity contribution in [3.8, 4) is 0 Å². The number of carbonyl (C=O) groups is 2. The van der Waals surface area contributed by atoms with Gasteiger partial charge in [-0.2, -0.15) is 0 Å². The van der Waals surface area contributed by atoms with E-state index in [1.54, 1.807) is 4.90 Å². The maximum absolute atomic E-state index is 12.1. The Kier molecular flexibility index (Phi) is 5.30. The van der Waals surface area contributed by atoms with Crippen molar-refractivity contribution in [3.05, 3.63) is 35.9 Å². The SMILES string of the molecule is NC(=O)CC(N)C(=O)N1CCN(Cc2ccccc2)CC1. The summed E-state index contributed by atoms with van der Waals surface area (Å²) in [6.07, 6.45) is -0.0942. The second-order valence-corrected chi connectivity index (χ2v) is 5.36. The molecule has 21 heavy (non-hydrogen) atoms. The monoisotopic (exact) mass is 290 g/mol. The van der Waals surface area contributed by atoms with Gasteiger partial charge in [0.15, 0.2) is 0 Å². The molecule has 4 N–H and O–H groups in total. The summed E-state index contributed by atoms with van der Waals surface area (Å²) in [6.45, 7) is 3.78. The molecule has 1 unspecified atom stereocenters. The number of nitrogens with two attached hydrogens (primary N) is 2.